The van der Waals surface area contributed by atoms with Crippen molar-refractivity contribution in [3.63, 3.8) is 0 Å². The van der Waals surface area contributed by atoms with Crippen molar-refractivity contribution < 1.29 is 27.8 Å². The lowest BCUT2D eigenvalue weighted by Gasteiger charge is -2.35. The molecule has 0 radical (unpaired) electrons. The maximum absolute atomic E-state index is 13.7. The topological polar surface area (TPSA) is 75.8 Å². The lowest BCUT2D eigenvalue weighted by Crippen LogP contribution is -2.52. The van der Waals surface area contributed by atoms with Crippen LogP contribution in [-0.2, 0) is 4.74 Å². The Morgan fingerprint density at radius 2 is 2.15 bits per heavy atom. The minimum Gasteiger partial charge on any atom is -0.503 e. The van der Waals surface area contributed by atoms with Gasteiger partial charge in [0.25, 0.3) is 5.91 Å². The van der Waals surface area contributed by atoms with Crippen LogP contribution in [0.5, 0.6) is 5.75 Å². The highest BCUT2D eigenvalue weighted by Crippen LogP contribution is 2.27. The number of benzene rings is 1. The molecule has 0 bridgehead atoms. The number of nitrogens with two attached hydrogens (primary N) is 1. The minimum atomic E-state index is -1.73. The largest absolute Gasteiger partial charge is 0.503 e. The van der Waals surface area contributed by atoms with E-state index < -0.39 is 40.7 Å². The third kappa shape index (κ3) is 2.44. The molecule has 1 atom stereocenters. The van der Waals surface area contributed by atoms with Crippen LogP contribution in [0, 0.1) is 17.5 Å². The second-order valence-electron chi connectivity index (χ2n) is 4.35. The molecular weight excluding hydrogens is 277 g/mol. The van der Waals surface area contributed by atoms with Gasteiger partial charge in [-0.15, -0.1) is 0 Å². The van der Waals surface area contributed by atoms with Gasteiger partial charge in [0.15, 0.2) is 17.4 Å². The molecule has 1 amide bonds. The van der Waals surface area contributed by atoms with Crippen LogP contribution in [0.3, 0.4) is 0 Å². The van der Waals surface area contributed by atoms with Gasteiger partial charge in [-0.3, -0.25) is 4.79 Å². The molecule has 5 nitrogen and oxygen atoms in total. The molecule has 1 heterocycles. The first-order chi connectivity index (χ1) is 9.47. The van der Waals surface area contributed by atoms with Gasteiger partial charge in [-0.25, -0.2) is 8.78 Å². The second-order valence-corrected chi connectivity index (χ2v) is 4.35. The quantitative estimate of drug-likeness (QED) is 0.783. The van der Waals surface area contributed by atoms with Crippen molar-refractivity contribution in [1.82, 2.24) is 4.90 Å². The molecule has 0 saturated carbocycles. The van der Waals surface area contributed by atoms with E-state index in [0.717, 1.165) is 0 Å². The van der Waals surface area contributed by atoms with Gasteiger partial charge in [-0.1, -0.05) is 0 Å². The van der Waals surface area contributed by atoms with Gasteiger partial charge in [0.2, 0.25) is 5.82 Å². The summed E-state index contributed by atoms with van der Waals surface area (Å²) in [6.07, 6.45) is 0. The van der Waals surface area contributed by atoms with Crippen LogP contribution < -0.4 is 5.73 Å². The van der Waals surface area contributed by atoms with E-state index in [9.17, 15) is 18.0 Å². The predicted octanol–water partition coefficient (Wildman–Crippen LogP) is 0.609. The van der Waals surface area contributed by atoms with Gasteiger partial charge >= 0.3 is 0 Å². The molecule has 1 aliphatic rings. The van der Waals surface area contributed by atoms with E-state index in [0.29, 0.717) is 6.07 Å². The molecule has 1 saturated heterocycles. The Hall–Kier alpha value is -1.80. The van der Waals surface area contributed by atoms with Crippen LogP contribution in [-0.4, -0.2) is 48.3 Å². The Morgan fingerprint density at radius 1 is 1.45 bits per heavy atom. The average molecular weight is 290 g/mol. The Balaban J connectivity index is 2.38. The predicted molar refractivity (Wildman–Crippen MR) is 62.7 cm³/mol. The Bertz CT molecular complexity index is 539. The number of nitrogens with zero attached hydrogens (tertiary/aromatic N) is 1. The van der Waals surface area contributed by atoms with Crippen molar-refractivity contribution in [1.29, 1.82) is 0 Å². The molecule has 1 unspecified atom stereocenters. The lowest BCUT2D eigenvalue weighted by atomic mass is 10.1. The maximum atomic E-state index is 13.7. The zero-order valence-corrected chi connectivity index (χ0v) is 10.4. The molecule has 1 aromatic rings. The fourth-order valence-electron chi connectivity index (χ4n) is 2.02. The highest BCUT2D eigenvalue weighted by atomic mass is 19.2. The summed E-state index contributed by atoms with van der Waals surface area (Å²) in [4.78, 5) is 13.4. The van der Waals surface area contributed by atoms with Crippen molar-refractivity contribution >= 4 is 5.91 Å². The second kappa shape index (κ2) is 5.68. The fourth-order valence-corrected chi connectivity index (χ4v) is 2.02. The molecular formula is C12H13F3N2O3. The van der Waals surface area contributed by atoms with Crippen molar-refractivity contribution in [2.75, 3.05) is 26.3 Å². The van der Waals surface area contributed by atoms with Gasteiger partial charge in [-0.2, -0.15) is 4.39 Å². The molecule has 1 aromatic carbocycles. The number of hydrogen-bond donors (Lipinski definition) is 2. The smallest absolute Gasteiger partial charge is 0.257 e. The zero-order chi connectivity index (χ0) is 14.9. The van der Waals surface area contributed by atoms with Crippen LogP contribution in [0.4, 0.5) is 13.2 Å². The van der Waals surface area contributed by atoms with Crippen molar-refractivity contribution in [3.8, 4) is 5.75 Å². The van der Waals surface area contributed by atoms with Crippen molar-refractivity contribution in [3.05, 3.63) is 29.1 Å². The number of aromatic hydroxyl groups is 1. The summed E-state index contributed by atoms with van der Waals surface area (Å²) in [6, 6.07) is -0.0543. The molecule has 8 heteroatoms. The number of phenolic OH excluding ortho intramolecular Hbond substituents is 1. The molecule has 0 aromatic heterocycles. The maximum Gasteiger partial charge on any atom is 0.257 e. The number of hydrogen-bond acceptors (Lipinski definition) is 4. The van der Waals surface area contributed by atoms with Crippen molar-refractivity contribution in [2.24, 2.45) is 5.73 Å². The fraction of sp³-hybridized carbons (Fsp3) is 0.417. The van der Waals surface area contributed by atoms with Crippen LogP contribution in [0.2, 0.25) is 0 Å². The van der Waals surface area contributed by atoms with Crippen LogP contribution in [0.25, 0.3) is 0 Å². The molecule has 1 fully saturated rings. The number of ether oxygens (including phenoxy) is 1. The van der Waals surface area contributed by atoms with E-state index in [1.165, 1.54) is 4.90 Å². The van der Waals surface area contributed by atoms with E-state index in [2.05, 4.69) is 0 Å². The number of halogens is 3. The summed E-state index contributed by atoms with van der Waals surface area (Å²) >= 11 is 0. The van der Waals surface area contributed by atoms with Crippen molar-refractivity contribution in [2.45, 2.75) is 6.04 Å². The number of rotatable bonds is 2. The molecule has 20 heavy (non-hydrogen) atoms. The normalized spacial score (nSPS) is 19.2. The van der Waals surface area contributed by atoms with Gasteiger partial charge in [0.05, 0.1) is 24.8 Å². The van der Waals surface area contributed by atoms with Crippen LogP contribution >= 0.6 is 0 Å². The molecule has 110 valence electrons. The third-order valence-electron chi connectivity index (χ3n) is 3.12. The van der Waals surface area contributed by atoms with Crippen LogP contribution in [0.15, 0.2) is 6.07 Å². The standard InChI is InChI=1S/C12H13F3N2O3/c13-8-3-7(9(14)11(18)10(8)15)12(19)17-1-2-20-5-6(17)4-16/h3,6,18H,1-2,4-5,16H2. The Kier molecular flexibility index (Phi) is 4.15. The summed E-state index contributed by atoms with van der Waals surface area (Å²) in [7, 11) is 0. The monoisotopic (exact) mass is 290 g/mol. The molecule has 0 spiro atoms. The molecule has 3 N–H and O–H groups in total. The van der Waals surface area contributed by atoms with E-state index in [1.807, 2.05) is 0 Å². The van der Waals surface area contributed by atoms with E-state index in [1.54, 1.807) is 0 Å². The Labute approximate surface area is 112 Å². The Morgan fingerprint density at radius 3 is 2.80 bits per heavy atom. The summed E-state index contributed by atoms with van der Waals surface area (Å²) < 4.78 is 45.0. The van der Waals surface area contributed by atoms with E-state index in [4.69, 9.17) is 15.6 Å². The van der Waals surface area contributed by atoms with Gasteiger partial charge in [-0.05, 0) is 6.07 Å². The van der Waals surface area contributed by atoms with Gasteiger partial charge < -0.3 is 20.5 Å². The first kappa shape index (κ1) is 14.6. The summed E-state index contributed by atoms with van der Waals surface area (Å²) in [5.74, 6) is -7.08. The van der Waals surface area contributed by atoms with E-state index in [-0.39, 0.29) is 26.3 Å². The van der Waals surface area contributed by atoms with Crippen LogP contribution in [0.1, 0.15) is 10.4 Å². The summed E-state index contributed by atoms with van der Waals surface area (Å²) in [6.45, 7) is 0.655. The third-order valence-corrected chi connectivity index (χ3v) is 3.12. The number of carbonyl (C=O) groups is 1. The summed E-state index contributed by atoms with van der Waals surface area (Å²) in [5.41, 5.74) is 4.75. The first-order valence-corrected chi connectivity index (χ1v) is 5.92. The number of morpholine rings is 1. The SMILES string of the molecule is NCC1COCCN1C(=O)c1cc(F)c(F)c(O)c1F. The first-order valence-electron chi connectivity index (χ1n) is 5.92. The molecule has 0 aliphatic carbocycles. The van der Waals surface area contributed by atoms with E-state index >= 15 is 0 Å². The minimum absolute atomic E-state index is 0.0863. The zero-order valence-electron chi connectivity index (χ0n) is 10.4. The summed E-state index contributed by atoms with van der Waals surface area (Å²) in [5, 5.41) is 9.13. The molecule has 1 aliphatic heterocycles. The molecule has 2 rings (SSSR count). The highest BCUT2D eigenvalue weighted by Gasteiger charge is 2.31. The number of amides is 1. The average Bonchev–Trinajstić information content (AvgIpc) is 2.48. The van der Waals surface area contributed by atoms with Gasteiger partial charge in [0, 0.05) is 13.1 Å². The van der Waals surface area contributed by atoms with Gasteiger partial charge in [0.1, 0.15) is 0 Å². The number of phenols is 1. The number of carbonyl (C=O) groups excluding carboxylic acids is 1. The highest BCUT2D eigenvalue weighted by molar-refractivity contribution is 5.95. The lowest BCUT2D eigenvalue weighted by molar-refractivity contribution is 0.000529.